The highest BCUT2D eigenvalue weighted by Crippen LogP contribution is 2.36. The molecule has 1 fully saturated rings. The molecule has 1 N–H and O–H groups in total. The Morgan fingerprint density at radius 1 is 1.14 bits per heavy atom. The van der Waals surface area contributed by atoms with Crippen molar-refractivity contribution in [2.75, 3.05) is 7.11 Å². The van der Waals surface area contributed by atoms with Gasteiger partial charge >= 0.3 is 12.0 Å². The van der Waals surface area contributed by atoms with Gasteiger partial charge in [-0.3, -0.25) is 9.69 Å². The number of carbonyl (C=O) groups excluding carboxylic acids is 3. The second-order valence-corrected chi connectivity index (χ2v) is 9.08. The topological polar surface area (TPSA) is 98.1 Å². The smallest absolute Gasteiger partial charge is 0.373 e. The summed E-state index contributed by atoms with van der Waals surface area (Å²) in [6, 6.07) is 11.8. The minimum Gasteiger partial charge on any atom is -0.487 e. The fourth-order valence-corrected chi connectivity index (χ4v) is 4.74. The Labute approximate surface area is 215 Å². The van der Waals surface area contributed by atoms with Crippen molar-refractivity contribution in [1.29, 1.82) is 0 Å². The summed E-state index contributed by atoms with van der Waals surface area (Å²) in [7, 11) is 1.22. The molecule has 11 heteroatoms. The van der Waals surface area contributed by atoms with Crippen molar-refractivity contribution in [3.63, 3.8) is 0 Å². The molecule has 4 rings (SSSR count). The first-order valence-corrected chi connectivity index (χ1v) is 11.7. The zero-order valence-corrected chi connectivity index (χ0v) is 21.3. The molecule has 0 unspecified atom stereocenters. The zero-order chi connectivity index (χ0) is 25.1. The Balaban J connectivity index is 1.48. The number of furan rings is 1. The highest BCUT2D eigenvalue weighted by atomic mass is 79.9. The molecule has 3 amide bonds. The Morgan fingerprint density at radius 2 is 1.89 bits per heavy atom. The number of carbonyl (C=O) groups is 3. The van der Waals surface area contributed by atoms with Crippen LogP contribution in [0.25, 0.3) is 6.08 Å². The largest absolute Gasteiger partial charge is 0.487 e. The molecule has 35 heavy (non-hydrogen) atoms. The fourth-order valence-electron chi connectivity index (χ4n) is 3.29. The first kappa shape index (κ1) is 24.7. The van der Waals surface area contributed by atoms with Gasteiger partial charge in [-0.25, -0.2) is 14.0 Å². The van der Waals surface area contributed by atoms with Gasteiger partial charge in [0.25, 0.3) is 5.91 Å². The van der Waals surface area contributed by atoms with Crippen molar-refractivity contribution in [3.8, 4) is 5.75 Å². The Morgan fingerprint density at radius 3 is 2.57 bits per heavy atom. The fraction of sp³-hybridized carbons (Fsp3) is 0.125. The molecule has 0 radical (unpaired) electrons. The van der Waals surface area contributed by atoms with Gasteiger partial charge < -0.3 is 19.2 Å². The summed E-state index contributed by atoms with van der Waals surface area (Å²) in [5.74, 6) is -0.836. The summed E-state index contributed by atoms with van der Waals surface area (Å²) in [4.78, 5) is 37.7. The summed E-state index contributed by atoms with van der Waals surface area (Å²) < 4.78 is 30.3. The molecule has 0 saturated carbocycles. The number of nitrogens with zero attached hydrogens (tertiary/aromatic N) is 1. The number of imide groups is 1. The molecule has 0 bridgehead atoms. The predicted octanol–water partition coefficient (Wildman–Crippen LogP) is 5.40. The van der Waals surface area contributed by atoms with Crippen molar-refractivity contribution in [1.82, 2.24) is 10.2 Å². The number of ether oxygens (including phenoxy) is 2. The second kappa shape index (κ2) is 10.4. The number of urea groups is 1. The molecule has 1 saturated heterocycles. The van der Waals surface area contributed by atoms with Crippen LogP contribution in [0.1, 0.15) is 27.4 Å². The predicted molar refractivity (Wildman–Crippen MR) is 130 cm³/mol. The molecule has 1 aliphatic rings. The number of methoxy groups -OCH3 is 1. The highest BCUT2D eigenvalue weighted by Gasteiger charge is 2.34. The summed E-state index contributed by atoms with van der Waals surface area (Å²) in [5.41, 5.74) is 1.35. The van der Waals surface area contributed by atoms with Gasteiger partial charge in [0.15, 0.2) is 0 Å². The third kappa shape index (κ3) is 5.63. The van der Waals surface area contributed by atoms with Gasteiger partial charge in [0.05, 0.1) is 22.6 Å². The van der Waals surface area contributed by atoms with Crippen molar-refractivity contribution in [2.45, 2.75) is 13.2 Å². The molecule has 8 nitrogen and oxygen atoms in total. The average Bonchev–Trinajstić information content (AvgIpc) is 3.38. The quantitative estimate of drug-likeness (QED) is 0.219. The van der Waals surface area contributed by atoms with Crippen LogP contribution < -0.4 is 10.1 Å². The van der Waals surface area contributed by atoms with Crippen LogP contribution in [0.5, 0.6) is 5.75 Å². The Kier molecular flexibility index (Phi) is 7.37. The number of halogens is 3. The molecule has 1 aromatic heterocycles. The molecular weight excluding hydrogens is 591 g/mol. The van der Waals surface area contributed by atoms with Crippen LogP contribution in [-0.2, 0) is 22.7 Å². The van der Waals surface area contributed by atoms with Crippen molar-refractivity contribution in [3.05, 3.63) is 91.6 Å². The van der Waals surface area contributed by atoms with E-state index in [1.54, 1.807) is 24.3 Å². The maximum Gasteiger partial charge on any atom is 0.373 e. The van der Waals surface area contributed by atoms with Gasteiger partial charge in [0.1, 0.15) is 29.6 Å². The molecule has 2 aromatic carbocycles. The molecule has 3 aromatic rings. The van der Waals surface area contributed by atoms with Gasteiger partial charge in [-0.05, 0) is 85.5 Å². The normalized spacial score (nSPS) is 14.4. The van der Waals surface area contributed by atoms with E-state index in [9.17, 15) is 18.8 Å². The third-order valence-electron chi connectivity index (χ3n) is 4.93. The van der Waals surface area contributed by atoms with Crippen LogP contribution in [0.3, 0.4) is 0 Å². The molecule has 1 aliphatic heterocycles. The van der Waals surface area contributed by atoms with Crippen LogP contribution in [0.15, 0.2) is 67.6 Å². The summed E-state index contributed by atoms with van der Waals surface area (Å²) in [6.07, 6.45) is 1.52. The lowest BCUT2D eigenvalue weighted by atomic mass is 10.2. The van der Waals surface area contributed by atoms with E-state index < -0.39 is 17.9 Å². The third-order valence-corrected chi connectivity index (χ3v) is 6.11. The van der Waals surface area contributed by atoms with Crippen LogP contribution in [0.4, 0.5) is 9.18 Å². The second-order valence-electron chi connectivity index (χ2n) is 7.37. The van der Waals surface area contributed by atoms with E-state index in [-0.39, 0.29) is 36.2 Å². The van der Waals surface area contributed by atoms with Gasteiger partial charge in [0.2, 0.25) is 5.76 Å². The van der Waals surface area contributed by atoms with Crippen molar-refractivity contribution < 1.29 is 32.7 Å². The molecule has 180 valence electrons. The van der Waals surface area contributed by atoms with Crippen molar-refractivity contribution in [2.24, 2.45) is 0 Å². The van der Waals surface area contributed by atoms with E-state index in [4.69, 9.17) is 9.15 Å². The number of rotatable bonds is 7. The lowest BCUT2D eigenvalue weighted by Crippen LogP contribution is -2.30. The minimum absolute atomic E-state index is 0.0280. The van der Waals surface area contributed by atoms with Crippen LogP contribution in [-0.4, -0.2) is 29.9 Å². The van der Waals surface area contributed by atoms with E-state index in [1.807, 2.05) is 0 Å². The molecule has 0 aliphatic carbocycles. The molecular formula is C24H17Br2FN2O6. The number of benzene rings is 2. The number of hydrogen-bond donors (Lipinski definition) is 1. The summed E-state index contributed by atoms with van der Waals surface area (Å²) >= 11 is 6.89. The van der Waals surface area contributed by atoms with Gasteiger partial charge in [-0.15, -0.1) is 0 Å². The summed E-state index contributed by atoms with van der Waals surface area (Å²) in [6.45, 7) is 0.00260. The Bertz CT molecular complexity index is 1330. The number of nitrogens with one attached hydrogen (secondary N) is 1. The van der Waals surface area contributed by atoms with Gasteiger partial charge in [0, 0.05) is 0 Å². The lowest BCUT2D eigenvalue weighted by molar-refractivity contribution is -0.123. The Hall–Kier alpha value is -3.44. The zero-order valence-electron chi connectivity index (χ0n) is 18.1. The van der Waals surface area contributed by atoms with E-state index >= 15 is 0 Å². The molecule has 0 atom stereocenters. The first-order chi connectivity index (χ1) is 16.7. The van der Waals surface area contributed by atoms with Crippen LogP contribution in [0, 0.1) is 5.82 Å². The molecule has 0 spiro atoms. The minimum atomic E-state index is -0.659. The number of hydrogen-bond acceptors (Lipinski definition) is 6. The monoisotopic (exact) mass is 606 g/mol. The highest BCUT2D eigenvalue weighted by molar-refractivity contribution is 9.11. The maximum absolute atomic E-state index is 13.4. The first-order valence-electron chi connectivity index (χ1n) is 10.1. The van der Waals surface area contributed by atoms with Gasteiger partial charge in [-0.2, -0.15) is 0 Å². The number of esters is 1. The maximum atomic E-state index is 13.4. The standard InChI is InChI=1S/C24H17Br2FN2O6/c1-33-23(31)20-6-5-16(35-20)11-29-22(30)19(28-24(29)32)10-14-8-17(25)21(18(26)9-14)34-12-13-3-2-4-15(27)7-13/h2-10H,11-12H2,1H3,(H,28,32)/b19-10-. The van der Waals surface area contributed by atoms with E-state index in [0.29, 0.717) is 25.8 Å². The van der Waals surface area contributed by atoms with E-state index in [1.165, 1.54) is 37.5 Å². The lowest BCUT2D eigenvalue weighted by Gasteiger charge is -2.12. The average molecular weight is 608 g/mol. The molecule has 2 heterocycles. The van der Waals surface area contributed by atoms with Gasteiger partial charge in [-0.1, -0.05) is 12.1 Å². The van der Waals surface area contributed by atoms with Crippen LogP contribution in [0.2, 0.25) is 0 Å². The SMILES string of the molecule is COC(=O)c1ccc(CN2C(=O)N/C(=C\c3cc(Br)c(OCc4cccc(F)c4)c(Br)c3)C2=O)o1. The summed E-state index contributed by atoms with van der Waals surface area (Å²) in [5, 5.41) is 2.54. The van der Waals surface area contributed by atoms with E-state index in [0.717, 1.165) is 4.90 Å². The van der Waals surface area contributed by atoms with Crippen molar-refractivity contribution >= 4 is 55.8 Å². The number of amides is 3. The van der Waals surface area contributed by atoms with E-state index in [2.05, 4.69) is 41.9 Å². The van der Waals surface area contributed by atoms with Crippen LogP contribution >= 0.6 is 31.9 Å².